The molecular weight excluding hydrogens is 352 g/mol. The maximum absolute atomic E-state index is 13.0. The van der Waals surface area contributed by atoms with Crippen molar-refractivity contribution in [3.8, 4) is 0 Å². The van der Waals surface area contributed by atoms with Gasteiger partial charge in [0.2, 0.25) is 0 Å². The summed E-state index contributed by atoms with van der Waals surface area (Å²) in [6, 6.07) is 18.7. The Morgan fingerprint density at radius 2 is 1.57 bits per heavy atom. The lowest BCUT2D eigenvalue weighted by atomic mass is 10.1. The molecule has 5 nitrogen and oxygen atoms in total. The standard InChI is InChI=1S/C23H26N2O3/c26-22(19-7-3-1-4-8-19)24-13-14-28-21(16-24)17-25(15-18-11-12-18)23(27)20-9-5-2-6-10-20/h1-10,18,21H,11-17H2. The van der Waals surface area contributed by atoms with Gasteiger partial charge in [0.05, 0.1) is 12.7 Å². The van der Waals surface area contributed by atoms with Crippen LogP contribution in [0.5, 0.6) is 0 Å². The normalized spacial score (nSPS) is 19.3. The lowest BCUT2D eigenvalue weighted by Gasteiger charge is -2.36. The van der Waals surface area contributed by atoms with Crippen molar-refractivity contribution in [2.45, 2.75) is 18.9 Å². The fraction of sp³-hybridized carbons (Fsp3) is 0.391. The molecule has 28 heavy (non-hydrogen) atoms. The predicted octanol–water partition coefficient (Wildman–Crippen LogP) is 3.08. The van der Waals surface area contributed by atoms with E-state index in [9.17, 15) is 9.59 Å². The van der Waals surface area contributed by atoms with Crippen LogP contribution in [0.25, 0.3) is 0 Å². The maximum atomic E-state index is 13.0. The molecule has 1 saturated carbocycles. The smallest absolute Gasteiger partial charge is 0.254 e. The molecule has 0 aromatic heterocycles. The summed E-state index contributed by atoms with van der Waals surface area (Å²) in [4.78, 5) is 29.5. The quantitative estimate of drug-likeness (QED) is 0.776. The number of rotatable bonds is 6. The summed E-state index contributed by atoms with van der Waals surface area (Å²) in [5.74, 6) is 0.665. The molecule has 1 unspecified atom stereocenters. The van der Waals surface area contributed by atoms with Gasteiger partial charge in [-0.3, -0.25) is 9.59 Å². The molecular formula is C23H26N2O3. The second-order valence-electron chi connectivity index (χ2n) is 7.63. The number of carbonyl (C=O) groups excluding carboxylic acids is 2. The third-order valence-corrected chi connectivity index (χ3v) is 5.35. The fourth-order valence-electron chi connectivity index (χ4n) is 3.64. The van der Waals surface area contributed by atoms with Crippen LogP contribution in [0.3, 0.4) is 0 Å². The molecule has 1 aliphatic carbocycles. The van der Waals surface area contributed by atoms with E-state index in [4.69, 9.17) is 4.74 Å². The zero-order chi connectivity index (χ0) is 19.3. The number of nitrogens with zero attached hydrogens (tertiary/aromatic N) is 2. The van der Waals surface area contributed by atoms with Crippen LogP contribution in [-0.2, 0) is 4.74 Å². The van der Waals surface area contributed by atoms with Crippen molar-refractivity contribution in [2.24, 2.45) is 5.92 Å². The Bertz CT molecular complexity index is 805. The van der Waals surface area contributed by atoms with Gasteiger partial charge >= 0.3 is 0 Å². The monoisotopic (exact) mass is 378 g/mol. The zero-order valence-electron chi connectivity index (χ0n) is 16.0. The molecule has 1 heterocycles. The number of morpholine rings is 1. The lowest BCUT2D eigenvalue weighted by molar-refractivity contribution is -0.0335. The van der Waals surface area contributed by atoms with Crippen LogP contribution in [0.15, 0.2) is 60.7 Å². The Morgan fingerprint density at radius 3 is 2.21 bits per heavy atom. The molecule has 2 fully saturated rings. The third kappa shape index (κ3) is 4.60. The van der Waals surface area contributed by atoms with Gasteiger partial charge in [-0.1, -0.05) is 36.4 Å². The molecule has 5 heteroatoms. The van der Waals surface area contributed by atoms with Gasteiger partial charge in [-0.2, -0.15) is 0 Å². The number of hydrogen-bond acceptors (Lipinski definition) is 3. The fourth-order valence-corrected chi connectivity index (χ4v) is 3.64. The Kier molecular flexibility index (Phi) is 5.72. The second-order valence-corrected chi connectivity index (χ2v) is 7.63. The lowest BCUT2D eigenvalue weighted by Crippen LogP contribution is -2.50. The number of benzene rings is 2. The van der Waals surface area contributed by atoms with Crippen LogP contribution >= 0.6 is 0 Å². The maximum Gasteiger partial charge on any atom is 0.254 e. The first-order valence-electron chi connectivity index (χ1n) is 10.0. The van der Waals surface area contributed by atoms with E-state index in [0.29, 0.717) is 43.3 Å². The van der Waals surface area contributed by atoms with Crippen molar-refractivity contribution >= 4 is 11.8 Å². The van der Waals surface area contributed by atoms with E-state index < -0.39 is 0 Å². The Labute approximate surface area is 165 Å². The van der Waals surface area contributed by atoms with Gasteiger partial charge in [0.15, 0.2) is 0 Å². The average Bonchev–Trinajstić information content (AvgIpc) is 3.58. The first-order valence-corrected chi connectivity index (χ1v) is 10.0. The third-order valence-electron chi connectivity index (χ3n) is 5.35. The molecule has 2 aliphatic rings. The van der Waals surface area contributed by atoms with Gasteiger partial charge < -0.3 is 14.5 Å². The van der Waals surface area contributed by atoms with Gasteiger partial charge in [0, 0.05) is 37.3 Å². The summed E-state index contributed by atoms with van der Waals surface area (Å²) in [7, 11) is 0. The van der Waals surface area contributed by atoms with Crippen LogP contribution in [0.1, 0.15) is 33.6 Å². The molecule has 2 amide bonds. The van der Waals surface area contributed by atoms with E-state index in [1.54, 1.807) is 0 Å². The molecule has 1 atom stereocenters. The van der Waals surface area contributed by atoms with Gasteiger partial charge in [0.25, 0.3) is 11.8 Å². The summed E-state index contributed by atoms with van der Waals surface area (Å²) in [6.45, 7) is 2.87. The van der Waals surface area contributed by atoms with Crippen molar-refractivity contribution in [3.05, 3.63) is 71.8 Å². The van der Waals surface area contributed by atoms with E-state index in [0.717, 1.165) is 6.54 Å². The average molecular weight is 378 g/mol. The van der Waals surface area contributed by atoms with Crippen LogP contribution in [0, 0.1) is 5.92 Å². The molecule has 0 N–H and O–H groups in total. The number of ether oxygens (including phenoxy) is 1. The molecule has 4 rings (SSSR count). The first kappa shape index (κ1) is 18.7. The van der Waals surface area contributed by atoms with Crippen LogP contribution in [0.4, 0.5) is 0 Å². The largest absolute Gasteiger partial charge is 0.373 e. The molecule has 0 radical (unpaired) electrons. The minimum Gasteiger partial charge on any atom is -0.373 e. The van der Waals surface area contributed by atoms with Gasteiger partial charge in [-0.05, 0) is 43.0 Å². The summed E-state index contributed by atoms with van der Waals surface area (Å²) in [6.07, 6.45) is 2.21. The molecule has 146 valence electrons. The number of hydrogen-bond donors (Lipinski definition) is 0. The minimum absolute atomic E-state index is 0.0250. The van der Waals surface area contributed by atoms with Crippen LogP contribution in [-0.4, -0.2) is 60.5 Å². The Hall–Kier alpha value is -2.66. The summed E-state index contributed by atoms with van der Waals surface area (Å²) >= 11 is 0. The zero-order valence-corrected chi connectivity index (χ0v) is 16.0. The Balaban J connectivity index is 1.43. The molecule has 1 saturated heterocycles. The molecule has 1 aliphatic heterocycles. The molecule has 0 bridgehead atoms. The molecule has 2 aromatic rings. The highest BCUT2D eigenvalue weighted by atomic mass is 16.5. The molecule has 0 spiro atoms. The number of amides is 2. The minimum atomic E-state index is -0.159. The van der Waals surface area contributed by atoms with Crippen molar-refractivity contribution < 1.29 is 14.3 Å². The van der Waals surface area contributed by atoms with Gasteiger partial charge in [-0.25, -0.2) is 0 Å². The summed E-state index contributed by atoms with van der Waals surface area (Å²) in [5.41, 5.74) is 1.40. The van der Waals surface area contributed by atoms with Crippen molar-refractivity contribution in [2.75, 3.05) is 32.8 Å². The highest BCUT2D eigenvalue weighted by Gasteiger charge is 2.31. The van der Waals surface area contributed by atoms with E-state index in [1.165, 1.54) is 12.8 Å². The molecule has 2 aromatic carbocycles. The van der Waals surface area contributed by atoms with Crippen molar-refractivity contribution in [1.29, 1.82) is 0 Å². The predicted molar refractivity (Wildman–Crippen MR) is 107 cm³/mol. The van der Waals surface area contributed by atoms with Gasteiger partial charge in [0.1, 0.15) is 0 Å². The Morgan fingerprint density at radius 1 is 0.929 bits per heavy atom. The van der Waals surface area contributed by atoms with Crippen molar-refractivity contribution in [3.63, 3.8) is 0 Å². The van der Waals surface area contributed by atoms with E-state index in [2.05, 4.69) is 0 Å². The first-order chi connectivity index (χ1) is 13.7. The van der Waals surface area contributed by atoms with Crippen molar-refractivity contribution in [1.82, 2.24) is 9.80 Å². The second kappa shape index (κ2) is 8.57. The van der Waals surface area contributed by atoms with Crippen LogP contribution in [0.2, 0.25) is 0 Å². The van der Waals surface area contributed by atoms with Crippen LogP contribution < -0.4 is 0 Å². The SMILES string of the molecule is O=C(c1ccccc1)N1CCOC(CN(CC2CC2)C(=O)c2ccccc2)C1. The summed E-state index contributed by atoms with van der Waals surface area (Å²) < 4.78 is 5.92. The highest BCUT2D eigenvalue weighted by molar-refractivity contribution is 5.95. The highest BCUT2D eigenvalue weighted by Crippen LogP contribution is 2.30. The number of carbonyl (C=O) groups is 2. The van der Waals surface area contributed by atoms with Gasteiger partial charge in [-0.15, -0.1) is 0 Å². The topological polar surface area (TPSA) is 49.9 Å². The summed E-state index contributed by atoms with van der Waals surface area (Å²) in [5, 5.41) is 0. The van der Waals surface area contributed by atoms with E-state index in [1.807, 2.05) is 70.5 Å². The van der Waals surface area contributed by atoms with E-state index >= 15 is 0 Å². The van der Waals surface area contributed by atoms with E-state index in [-0.39, 0.29) is 17.9 Å².